The second kappa shape index (κ2) is 3.79. The van der Waals surface area contributed by atoms with E-state index in [0.717, 1.165) is 25.9 Å². The number of likely N-dealkylation sites (tertiary alicyclic amines) is 1. The SMILES string of the molecule is CCC1CN(C(C)(C)C)CCC1=O. The van der Waals surface area contributed by atoms with Crippen molar-refractivity contribution in [2.24, 2.45) is 5.92 Å². The molecule has 2 heteroatoms. The molecule has 76 valence electrons. The normalized spacial score (nSPS) is 26.5. The maximum absolute atomic E-state index is 11.5. The fraction of sp³-hybridized carbons (Fsp3) is 0.909. The van der Waals surface area contributed by atoms with Crippen LogP contribution in [0.3, 0.4) is 0 Å². The van der Waals surface area contributed by atoms with E-state index >= 15 is 0 Å². The number of carbonyl (C=O) groups is 1. The molecule has 0 amide bonds. The molecule has 0 saturated carbocycles. The first-order valence-electron chi connectivity index (χ1n) is 5.23. The first-order chi connectivity index (χ1) is 5.95. The summed E-state index contributed by atoms with van der Waals surface area (Å²) in [7, 11) is 0. The molecule has 1 atom stereocenters. The molecule has 1 aliphatic heterocycles. The minimum Gasteiger partial charge on any atom is -0.299 e. The van der Waals surface area contributed by atoms with Crippen molar-refractivity contribution in [3.05, 3.63) is 0 Å². The van der Waals surface area contributed by atoms with Gasteiger partial charge in [0, 0.05) is 31.0 Å². The zero-order valence-electron chi connectivity index (χ0n) is 9.26. The summed E-state index contributed by atoms with van der Waals surface area (Å²) in [6.07, 6.45) is 1.74. The second-order valence-electron chi connectivity index (χ2n) is 4.94. The van der Waals surface area contributed by atoms with Crippen LogP contribution in [-0.4, -0.2) is 29.3 Å². The first-order valence-corrected chi connectivity index (χ1v) is 5.23. The predicted octanol–water partition coefficient (Wildman–Crippen LogP) is 2.09. The average Bonchev–Trinajstić information content (AvgIpc) is 2.03. The van der Waals surface area contributed by atoms with Crippen LogP contribution < -0.4 is 0 Å². The van der Waals surface area contributed by atoms with Gasteiger partial charge in [-0.3, -0.25) is 9.69 Å². The molecule has 0 aromatic carbocycles. The third-order valence-electron chi connectivity index (χ3n) is 2.97. The van der Waals surface area contributed by atoms with E-state index in [1.807, 2.05) is 0 Å². The predicted molar refractivity (Wildman–Crippen MR) is 54.7 cm³/mol. The number of rotatable bonds is 1. The summed E-state index contributed by atoms with van der Waals surface area (Å²) in [4.78, 5) is 13.9. The molecule has 1 aliphatic rings. The molecule has 0 N–H and O–H groups in total. The molecule has 0 aliphatic carbocycles. The summed E-state index contributed by atoms with van der Waals surface area (Å²) in [5.74, 6) is 0.746. The summed E-state index contributed by atoms with van der Waals surface area (Å²) in [5.41, 5.74) is 0.216. The highest BCUT2D eigenvalue weighted by Gasteiger charge is 2.31. The Morgan fingerprint density at radius 3 is 2.54 bits per heavy atom. The molecule has 13 heavy (non-hydrogen) atoms. The number of ketones is 1. The van der Waals surface area contributed by atoms with Crippen LogP contribution in [0.15, 0.2) is 0 Å². The van der Waals surface area contributed by atoms with E-state index in [-0.39, 0.29) is 11.5 Å². The lowest BCUT2D eigenvalue weighted by Crippen LogP contribution is -2.49. The second-order valence-corrected chi connectivity index (χ2v) is 4.94. The van der Waals surface area contributed by atoms with Gasteiger partial charge in [-0.05, 0) is 27.2 Å². The van der Waals surface area contributed by atoms with E-state index in [1.54, 1.807) is 0 Å². The lowest BCUT2D eigenvalue weighted by molar-refractivity contribution is -0.127. The minimum absolute atomic E-state index is 0.216. The van der Waals surface area contributed by atoms with Crippen LogP contribution >= 0.6 is 0 Å². The summed E-state index contributed by atoms with van der Waals surface area (Å²) in [6.45, 7) is 10.7. The number of hydrogen-bond acceptors (Lipinski definition) is 2. The molecule has 0 spiro atoms. The van der Waals surface area contributed by atoms with Gasteiger partial charge >= 0.3 is 0 Å². The topological polar surface area (TPSA) is 20.3 Å². The quantitative estimate of drug-likeness (QED) is 0.620. The smallest absolute Gasteiger partial charge is 0.138 e. The Kier molecular flexibility index (Phi) is 3.12. The minimum atomic E-state index is 0.216. The van der Waals surface area contributed by atoms with E-state index in [1.165, 1.54) is 0 Å². The van der Waals surface area contributed by atoms with Gasteiger partial charge < -0.3 is 0 Å². The highest BCUT2D eigenvalue weighted by molar-refractivity contribution is 5.82. The number of nitrogens with zero attached hydrogens (tertiary/aromatic N) is 1. The molecule has 1 rings (SSSR count). The van der Waals surface area contributed by atoms with Gasteiger partial charge in [0.05, 0.1) is 0 Å². The lowest BCUT2D eigenvalue weighted by atomic mass is 9.91. The van der Waals surface area contributed by atoms with E-state index in [9.17, 15) is 4.79 Å². The van der Waals surface area contributed by atoms with Crippen molar-refractivity contribution < 1.29 is 4.79 Å². The fourth-order valence-corrected chi connectivity index (χ4v) is 1.87. The first kappa shape index (κ1) is 10.7. The van der Waals surface area contributed by atoms with Crippen LogP contribution in [0.5, 0.6) is 0 Å². The van der Waals surface area contributed by atoms with E-state index < -0.39 is 0 Å². The van der Waals surface area contributed by atoms with Crippen LogP contribution in [-0.2, 0) is 4.79 Å². The van der Waals surface area contributed by atoms with Crippen molar-refractivity contribution in [2.75, 3.05) is 13.1 Å². The monoisotopic (exact) mass is 183 g/mol. The highest BCUT2D eigenvalue weighted by atomic mass is 16.1. The average molecular weight is 183 g/mol. The molecule has 0 aromatic heterocycles. The molecule has 1 unspecified atom stereocenters. The standard InChI is InChI=1S/C11H21NO/c1-5-9-8-12(11(2,3)4)7-6-10(9)13/h9H,5-8H2,1-4H3. The molecule has 0 radical (unpaired) electrons. The Bertz CT molecular complexity index is 193. The van der Waals surface area contributed by atoms with Crippen LogP contribution in [0.2, 0.25) is 0 Å². The van der Waals surface area contributed by atoms with Crippen LogP contribution in [0.25, 0.3) is 0 Å². The molecule has 1 saturated heterocycles. The Labute approximate surface area is 81.3 Å². The maximum atomic E-state index is 11.5. The van der Waals surface area contributed by atoms with E-state index in [4.69, 9.17) is 0 Å². The summed E-state index contributed by atoms with van der Waals surface area (Å²) in [6, 6.07) is 0. The Morgan fingerprint density at radius 1 is 1.46 bits per heavy atom. The summed E-state index contributed by atoms with van der Waals surface area (Å²) in [5, 5.41) is 0. The Balaban J connectivity index is 2.60. The van der Waals surface area contributed by atoms with Gasteiger partial charge in [-0.25, -0.2) is 0 Å². The Morgan fingerprint density at radius 2 is 2.08 bits per heavy atom. The largest absolute Gasteiger partial charge is 0.299 e. The van der Waals surface area contributed by atoms with E-state index in [0.29, 0.717) is 5.78 Å². The van der Waals surface area contributed by atoms with Crippen molar-refractivity contribution in [3.8, 4) is 0 Å². The van der Waals surface area contributed by atoms with Crippen molar-refractivity contribution in [3.63, 3.8) is 0 Å². The van der Waals surface area contributed by atoms with Gasteiger partial charge in [-0.15, -0.1) is 0 Å². The van der Waals surface area contributed by atoms with Crippen LogP contribution in [0, 0.1) is 5.92 Å². The molecule has 0 bridgehead atoms. The molecule has 1 heterocycles. The van der Waals surface area contributed by atoms with Gasteiger partial charge in [0.1, 0.15) is 5.78 Å². The number of hydrogen-bond donors (Lipinski definition) is 0. The highest BCUT2D eigenvalue weighted by Crippen LogP contribution is 2.22. The van der Waals surface area contributed by atoms with Gasteiger partial charge in [-0.2, -0.15) is 0 Å². The lowest BCUT2D eigenvalue weighted by Gasteiger charge is -2.40. The third kappa shape index (κ3) is 2.53. The molecule has 1 fully saturated rings. The zero-order chi connectivity index (χ0) is 10.1. The van der Waals surface area contributed by atoms with Crippen molar-refractivity contribution in [1.82, 2.24) is 4.90 Å². The van der Waals surface area contributed by atoms with Crippen molar-refractivity contribution in [2.45, 2.75) is 46.1 Å². The zero-order valence-corrected chi connectivity index (χ0v) is 9.26. The Hall–Kier alpha value is -0.370. The molecular formula is C11H21NO. The van der Waals surface area contributed by atoms with Gasteiger partial charge in [0.2, 0.25) is 0 Å². The van der Waals surface area contributed by atoms with Gasteiger partial charge in [0.15, 0.2) is 0 Å². The van der Waals surface area contributed by atoms with Gasteiger partial charge in [-0.1, -0.05) is 6.92 Å². The summed E-state index contributed by atoms with van der Waals surface area (Å²) >= 11 is 0. The van der Waals surface area contributed by atoms with E-state index in [2.05, 4.69) is 32.6 Å². The van der Waals surface area contributed by atoms with Crippen LogP contribution in [0.4, 0.5) is 0 Å². The maximum Gasteiger partial charge on any atom is 0.138 e. The molecule has 0 aromatic rings. The number of piperidine rings is 1. The van der Waals surface area contributed by atoms with Crippen molar-refractivity contribution >= 4 is 5.78 Å². The number of Topliss-reactive ketones (excluding diaryl/α,β-unsaturated/α-hetero) is 1. The number of carbonyl (C=O) groups excluding carboxylic acids is 1. The summed E-state index contributed by atoms with van der Waals surface area (Å²) < 4.78 is 0. The molecular weight excluding hydrogens is 162 g/mol. The van der Waals surface area contributed by atoms with Crippen molar-refractivity contribution in [1.29, 1.82) is 0 Å². The van der Waals surface area contributed by atoms with Gasteiger partial charge in [0.25, 0.3) is 0 Å². The fourth-order valence-electron chi connectivity index (χ4n) is 1.87. The van der Waals surface area contributed by atoms with Crippen LogP contribution in [0.1, 0.15) is 40.5 Å². The third-order valence-corrected chi connectivity index (χ3v) is 2.97. The molecule has 2 nitrogen and oxygen atoms in total.